The Balaban J connectivity index is 2.55. The third kappa shape index (κ3) is 1.11. The van der Waals surface area contributed by atoms with Crippen molar-refractivity contribution in [2.45, 2.75) is 18.4 Å². The number of hydrogen-bond donors (Lipinski definition) is 1. The largest absolute Gasteiger partial charge is 0.299 e. The van der Waals surface area contributed by atoms with Crippen molar-refractivity contribution < 1.29 is 4.39 Å². The van der Waals surface area contributed by atoms with E-state index in [0.717, 1.165) is 24.0 Å². The SMILES string of the molecule is CNC1(C#N)CCc2cc(F)ccc21. The zero-order valence-electron chi connectivity index (χ0n) is 7.97. The summed E-state index contributed by atoms with van der Waals surface area (Å²) in [5, 5.41) is 12.1. The molecule has 2 rings (SSSR count). The number of halogens is 1. The lowest BCUT2D eigenvalue weighted by atomic mass is 9.94. The van der Waals surface area contributed by atoms with Crippen LogP contribution in [0.5, 0.6) is 0 Å². The molecule has 3 heteroatoms. The predicted molar refractivity (Wildman–Crippen MR) is 51.1 cm³/mol. The fourth-order valence-corrected chi connectivity index (χ4v) is 2.07. The predicted octanol–water partition coefficient (Wildman–Crippen LogP) is 1.71. The van der Waals surface area contributed by atoms with Crippen molar-refractivity contribution in [1.29, 1.82) is 5.26 Å². The second-order valence-electron chi connectivity index (χ2n) is 3.57. The normalized spacial score (nSPS) is 24.4. The molecular weight excluding hydrogens is 179 g/mol. The van der Waals surface area contributed by atoms with E-state index in [1.807, 2.05) is 0 Å². The van der Waals surface area contributed by atoms with Crippen LogP contribution in [0.1, 0.15) is 17.5 Å². The first-order valence-electron chi connectivity index (χ1n) is 4.61. The highest BCUT2D eigenvalue weighted by molar-refractivity contribution is 5.43. The first-order chi connectivity index (χ1) is 6.72. The Morgan fingerprint density at radius 1 is 1.57 bits per heavy atom. The van der Waals surface area contributed by atoms with Crippen molar-refractivity contribution in [3.63, 3.8) is 0 Å². The summed E-state index contributed by atoms with van der Waals surface area (Å²) in [6.45, 7) is 0. The lowest BCUT2D eigenvalue weighted by Crippen LogP contribution is -2.35. The van der Waals surface area contributed by atoms with Crippen molar-refractivity contribution in [2.24, 2.45) is 0 Å². The van der Waals surface area contributed by atoms with Crippen molar-refractivity contribution in [2.75, 3.05) is 7.05 Å². The maximum absolute atomic E-state index is 12.9. The van der Waals surface area contributed by atoms with Gasteiger partial charge < -0.3 is 0 Å². The molecule has 2 nitrogen and oxygen atoms in total. The molecule has 0 amide bonds. The monoisotopic (exact) mass is 190 g/mol. The van der Waals surface area contributed by atoms with Crippen LogP contribution in [-0.2, 0) is 12.0 Å². The second kappa shape index (κ2) is 3.07. The highest BCUT2D eigenvalue weighted by Crippen LogP contribution is 2.36. The molecular formula is C11H11FN2. The Kier molecular flexibility index (Phi) is 2.01. The molecule has 1 unspecified atom stereocenters. The number of aryl methyl sites for hydroxylation is 1. The summed E-state index contributed by atoms with van der Waals surface area (Å²) in [6, 6.07) is 6.90. The van der Waals surface area contributed by atoms with E-state index in [1.54, 1.807) is 13.1 Å². The van der Waals surface area contributed by atoms with E-state index in [-0.39, 0.29) is 5.82 Å². The molecule has 72 valence electrons. The average Bonchev–Trinajstić information content (AvgIpc) is 2.56. The molecule has 1 aliphatic rings. The van der Waals surface area contributed by atoms with Gasteiger partial charge >= 0.3 is 0 Å². The smallest absolute Gasteiger partial charge is 0.132 e. The molecule has 1 N–H and O–H groups in total. The number of rotatable bonds is 1. The van der Waals surface area contributed by atoms with Crippen LogP contribution in [0.2, 0.25) is 0 Å². The number of fused-ring (bicyclic) bond motifs is 1. The van der Waals surface area contributed by atoms with Gasteiger partial charge in [-0.2, -0.15) is 5.26 Å². The second-order valence-corrected chi connectivity index (χ2v) is 3.57. The Morgan fingerprint density at radius 3 is 3.00 bits per heavy atom. The molecule has 0 aliphatic heterocycles. The minimum Gasteiger partial charge on any atom is -0.299 e. The van der Waals surface area contributed by atoms with Crippen LogP contribution in [-0.4, -0.2) is 7.05 Å². The molecule has 0 aromatic heterocycles. The fraction of sp³-hybridized carbons (Fsp3) is 0.364. The van der Waals surface area contributed by atoms with Crippen LogP contribution in [0.3, 0.4) is 0 Å². The zero-order chi connectivity index (χ0) is 10.2. The molecule has 0 bridgehead atoms. The summed E-state index contributed by atoms with van der Waals surface area (Å²) in [4.78, 5) is 0. The van der Waals surface area contributed by atoms with Crippen molar-refractivity contribution in [3.05, 3.63) is 35.1 Å². The van der Waals surface area contributed by atoms with Crippen LogP contribution in [0.4, 0.5) is 4.39 Å². The molecule has 0 saturated carbocycles. The molecule has 1 atom stereocenters. The fourth-order valence-electron chi connectivity index (χ4n) is 2.07. The van der Waals surface area contributed by atoms with E-state index in [1.165, 1.54) is 12.1 Å². The van der Waals surface area contributed by atoms with Gasteiger partial charge in [0.1, 0.15) is 11.4 Å². The number of nitrogens with zero attached hydrogens (tertiary/aromatic N) is 1. The molecule has 1 aliphatic carbocycles. The van der Waals surface area contributed by atoms with Gasteiger partial charge in [-0.3, -0.25) is 5.32 Å². The van der Waals surface area contributed by atoms with Gasteiger partial charge in [-0.25, -0.2) is 4.39 Å². The van der Waals surface area contributed by atoms with Gasteiger partial charge in [0.2, 0.25) is 0 Å². The number of benzene rings is 1. The van der Waals surface area contributed by atoms with Gasteiger partial charge in [0.15, 0.2) is 0 Å². The van der Waals surface area contributed by atoms with E-state index in [2.05, 4.69) is 11.4 Å². The molecule has 0 fully saturated rings. The third-order valence-corrected chi connectivity index (χ3v) is 2.91. The Morgan fingerprint density at radius 2 is 2.36 bits per heavy atom. The Hall–Kier alpha value is -1.40. The Bertz CT molecular complexity index is 408. The van der Waals surface area contributed by atoms with Crippen LogP contribution in [0, 0.1) is 17.1 Å². The van der Waals surface area contributed by atoms with Crippen LogP contribution in [0.15, 0.2) is 18.2 Å². The summed E-state index contributed by atoms with van der Waals surface area (Å²) in [7, 11) is 1.77. The third-order valence-electron chi connectivity index (χ3n) is 2.91. The van der Waals surface area contributed by atoms with Gasteiger partial charge in [0.25, 0.3) is 0 Å². The van der Waals surface area contributed by atoms with Crippen LogP contribution < -0.4 is 5.32 Å². The highest BCUT2D eigenvalue weighted by atomic mass is 19.1. The van der Waals surface area contributed by atoms with Gasteiger partial charge in [-0.1, -0.05) is 6.07 Å². The number of hydrogen-bond acceptors (Lipinski definition) is 2. The van der Waals surface area contributed by atoms with E-state index in [0.29, 0.717) is 0 Å². The lowest BCUT2D eigenvalue weighted by Gasteiger charge is -2.20. The summed E-state index contributed by atoms with van der Waals surface area (Å²) in [5.74, 6) is -0.228. The zero-order valence-corrected chi connectivity index (χ0v) is 7.97. The number of nitriles is 1. The average molecular weight is 190 g/mol. The first kappa shape index (κ1) is 9.17. The molecule has 0 radical (unpaired) electrons. The first-order valence-corrected chi connectivity index (χ1v) is 4.61. The molecule has 0 saturated heterocycles. The lowest BCUT2D eigenvalue weighted by molar-refractivity contribution is 0.466. The standard InChI is InChI=1S/C11H11FN2/c1-14-11(7-13)5-4-8-6-9(12)2-3-10(8)11/h2-3,6,14H,4-5H2,1H3. The number of nitrogens with one attached hydrogen (secondary N) is 1. The Labute approximate surface area is 82.4 Å². The van der Waals surface area contributed by atoms with Crippen molar-refractivity contribution in [3.8, 4) is 6.07 Å². The summed E-state index contributed by atoms with van der Waals surface area (Å²) < 4.78 is 12.9. The van der Waals surface area contributed by atoms with Gasteiger partial charge in [-0.15, -0.1) is 0 Å². The van der Waals surface area contributed by atoms with Crippen molar-refractivity contribution >= 4 is 0 Å². The van der Waals surface area contributed by atoms with Gasteiger partial charge in [-0.05, 0) is 43.1 Å². The highest BCUT2D eigenvalue weighted by Gasteiger charge is 2.37. The van der Waals surface area contributed by atoms with E-state index in [9.17, 15) is 4.39 Å². The van der Waals surface area contributed by atoms with E-state index < -0.39 is 5.54 Å². The summed E-state index contributed by atoms with van der Waals surface area (Å²) in [6.07, 6.45) is 1.49. The molecule has 1 aromatic rings. The quantitative estimate of drug-likeness (QED) is 0.731. The maximum atomic E-state index is 12.9. The molecule has 14 heavy (non-hydrogen) atoms. The van der Waals surface area contributed by atoms with Crippen LogP contribution in [0.25, 0.3) is 0 Å². The minimum absolute atomic E-state index is 0.228. The van der Waals surface area contributed by atoms with E-state index in [4.69, 9.17) is 5.26 Å². The summed E-state index contributed by atoms with van der Waals surface area (Å²) in [5.41, 5.74) is 1.26. The van der Waals surface area contributed by atoms with E-state index >= 15 is 0 Å². The maximum Gasteiger partial charge on any atom is 0.132 e. The summed E-state index contributed by atoms with van der Waals surface area (Å²) >= 11 is 0. The van der Waals surface area contributed by atoms with Gasteiger partial charge in [0.05, 0.1) is 6.07 Å². The van der Waals surface area contributed by atoms with Gasteiger partial charge in [0, 0.05) is 0 Å². The van der Waals surface area contributed by atoms with Crippen molar-refractivity contribution in [1.82, 2.24) is 5.32 Å². The van der Waals surface area contributed by atoms with Crippen LogP contribution >= 0.6 is 0 Å². The minimum atomic E-state index is -0.608. The molecule has 0 spiro atoms. The molecule has 1 aromatic carbocycles. The molecule has 0 heterocycles. The topological polar surface area (TPSA) is 35.8 Å².